The number of carbonyl (C=O) groups is 2. The lowest BCUT2D eigenvalue weighted by atomic mass is 10.1. The van der Waals surface area contributed by atoms with Gasteiger partial charge in [0.15, 0.2) is 0 Å². The molecule has 0 radical (unpaired) electrons. The molecule has 0 aliphatic rings. The van der Waals surface area contributed by atoms with E-state index in [1.165, 1.54) is 0 Å². The minimum atomic E-state index is -1.00. The van der Waals surface area contributed by atoms with Gasteiger partial charge >= 0.3 is 5.97 Å². The molecule has 0 saturated carbocycles. The standard InChI is InChI=1S/C14H20N2O3/c1-2-3-12(14(18)19)16-13(17)11-6-4-10(5-7-11)8-9-15/h4-7,12H,2-3,8-9,15H2,1H3,(H,16,17)(H,18,19)/t12-/m0/s1. The lowest BCUT2D eigenvalue weighted by molar-refractivity contribution is -0.139. The van der Waals surface area contributed by atoms with Crippen LogP contribution in [0.5, 0.6) is 0 Å². The van der Waals surface area contributed by atoms with Gasteiger partial charge in [0.05, 0.1) is 0 Å². The fourth-order valence-electron chi connectivity index (χ4n) is 1.78. The van der Waals surface area contributed by atoms with Crippen molar-refractivity contribution in [2.24, 2.45) is 5.73 Å². The molecule has 1 aromatic rings. The molecule has 1 amide bonds. The first-order chi connectivity index (χ1) is 9.08. The highest BCUT2D eigenvalue weighted by Crippen LogP contribution is 2.06. The smallest absolute Gasteiger partial charge is 0.326 e. The van der Waals surface area contributed by atoms with E-state index in [4.69, 9.17) is 10.8 Å². The van der Waals surface area contributed by atoms with Crippen LogP contribution in [0.4, 0.5) is 0 Å². The molecule has 0 heterocycles. The summed E-state index contributed by atoms with van der Waals surface area (Å²) in [4.78, 5) is 22.9. The number of nitrogens with two attached hydrogens (primary N) is 1. The van der Waals surface area contributed by atoms with Gasteiger partial charge < -0.3 is 16.2 Å². The number of hydrogen-bond acceptors (Lipinski definition) is 3. The van der Waals surface area contributed by atoms with Crippen molar-refractivity contribution in [1.82, 2.24) is 5.32 Å². The van der Waals surface area contributed by atoms with Crippen molar-refractivity contribution in [2.75, 3.05) is 6.54 Å². The number of carboxylic acids is 1. The SMILES string of the molecule is CCC[C@H](NC(=O)c1ccc(CCN)cc1)C(=O)O. The van der Waals surface area contributed by atoms with E-state index in [2.05, 4.69) is 5.32 Å². The van der Waals surface area contributed by atoms with E-state index in [1.54, 1.807) is 12.1 Å². The highest BCUT2D eigenvalue weighted by molar-refractivity contribution is 5.96. The molecule has 1 aromatic carbocycles. The third-order valence-electron chi connectivity index (χ3n) is 2.83. The predicted molar refractivity (Wildman–Crippen MR) is 73.0 cm³/mol. The van der Waals surface area contributed by atoms with Gasteiger partial charge in [-0.25, -0.2) is 4.79 Å². The Hall–Kier alpha value is -1.88. The molecule has 4 N–H and O–H groups in total. The summed E-state index contributed by atoms with van der Waals surface area (Å²) in [6, 6.07) is 6.20. The molecule has 0 fully saturated rings. The van der Waals surface area contributed by atoms with E-state index in [1.807, 2.05) is 19.1 Å². The third kappa shape index (κ3) is 4.71. The normalized spacial score (nSPS) is 11.9. The van der Waals surface area contributed by atoms with E-state index in [0.29, 0.717) is 24.9 Å². The van der Waals surface area contributed by atoms with Crippen LogP contribution in [0.3, 0.4) is 0 Å². The Balaban J connectivity index is 2.68. The molecule has 19 heavy (non-hydrogen) atoms. The van der Waals surface area contributed by atoms with Crippen LogP contribution in [-0.2, 0) is 11.2 Å². The van der Waals surface area contributed by atoms with E-state index >= 15 is 0 Å². The van der Waals surface area contributed by atoms with Crippen LogP contribution in [0.15, 0.2) is 24.3 Å². The van der Waals surface area contributed by atoms with Crippen molar-refractivity contribution in [3.63, 3.8) is 0 Å². The zero-order valence-electron chi connectivity index (χ0n) is 11.1. The van der Waals surface area contributed by atoms with Gasteiger partial charge in [-0.2, -0.15) is 0 Å². The average Bonchev–Trinajstić information content (AvgIpc) is 2.39. The molecular formula is C14H20N2O3. The van der Waals surface area contributed by atoms with E-state index in [9.17, 15) is 9.59 Å². The molecule has 0 spiro atoms. The van der Waals surface area contributed by atoms with Crippen LogP contribution < -0.4 is 11.1 Å². The summed E-state index contributed by atoms with van der Waals surface area (Å²) >= 11 is 0. The first-order valence-electron chi connectivity index (χ1n) is 6.41. The van der Waals surface area contributed by atoms with Gasteiger partial charge in [-0.05, 0) is 37.1 Å². The summed E-state index contributed by atoms with van der Waals surface area (Å²) in [7, 11) is 0. The van der Waals surface area contributed by atoms with Crippen molar-refractivity contribution >= 4 is 11.9 Å². The van der Waals surface area contributed by atoms with Gasteiger partial charge in [0.1, 0.15) is 6.04 Å². The molecule has 0 aliphatic carbocycles. The minimum absolute atomic E-state index is 0.361. The van der Waals surface area contributed by atoms with Crippen molar-refractivity contribution in [3.8, 4) is 0 Å². The minimum Gasteiger partial charge on any atom is -0.480 e. The predicted octanol–water partition coefficient (Wildman–Crippen LogP) is 1.17. The Morgan fingerprint density at radius 1 is 1.32 bits per heavy atom. The number of carboxylic acid groups (broad SMARTS) is 1. The quantitative estimate of drug-likeness (QED) is 0.689. The average molecular weight is 264 g/mol. The van der Waals surface area contributed by atoms with Gasteiger partial charge in [0.25, 0.3) is 5.91 Å². The third-order valence-corrected chi connectivity index (χ3v) is 2.83. The number of amides is 1. The molecule has 0 bridgehead atoms. The summed E-state index contributed by atoms with van der Waals surface area (Å²) in [5, 5.41) is 11.5. The molecule has 1 atom stereocenters. The summed E-state index contributed by atoms with van der Waals surface area (Å²) < 4.78 is 0. The Labute approximate surface area is 112 Å². The fraction of sp³-hybridized carbons (Fsp3) is 0.429. The molecule has 1 rings (SSSR count). The molecule has 0 aromatic heterocycles. The second-order valence-electron chi connectivity index (χ2n) is 4.39. The largest absolute Gasteiger partial charge is 0.480 e. The maximum atomic E-state index is 11.9. The Bertz CT molecular complexity index is 429. The number of rotatable bonds is 7. The second-order valence-corrected chi connectivity index (χ2v) is 4.39. The fourth-order valence-corrected chi connectivity index (χ4v) is 1.78. The van der Waals surface area contributed by atoms with Crippen molar-refractivity contribution < 1.29 is 14.7 Å². The van der Waals surface area contributed by atoms with Crippen molar-refractivity contribution in [1.29, 1.82) is 0 Å². The number of aliphatic carboxylic acids is 1. The van der Waals surface area contributed by atoms with E-state index < -0.39 is 12.0 Å². The van der Waals surface area contributed by atoms with Gasteiger partial charge in [-0.3, -0.25) is 4.79 Å². The number of carbonyl (C=O) groups excluding carboxylic acids is 1. The van der Waals surface area contributed by atoms with Crippen molar-refractivity contribution in [3.05, 3.63) is 35.4 Å². The molecule has 5 heteroatoms. The zero-order chi connectivity index (χ0) is 14.3. The number of nitrogens with one attached hydrogen (secondary N) is 1. The molecule has 0 saturated heterocycles. The van der Waals surface area contributed by atoms with E-state index in [0.717, 1.165) is 12.0 Å². The topological polar surface area (TPSA) is 92.4 Å². The van der Waals surface area contributed by atoms with Crippen LogP contribution in [0, 0.1) is 0 Å². The summed E-state index contributed by atoms with van der Waals surface area (Å²) in [6.07, 6.45) is 1.88. The number of benzene rings is 1. The molecule has 5 nitrogen and oxygen atoms in total. The first kappa shape index (κ1) is 15.2. The van der Waals surface area contributed by atoms with Gasteiger partial charge in [0, 0.05) is 5.56 Å². The maximum Gasteiger partial charge on any atom is 0.326 e. The van der Waals surface area contributed by atoms with Crippen LogP contribution in [0.1, 0.15) is 35.7 Å². The van der Waals surface area contributed by atoms with Gasteiger partial charge in [-0.15, -0.1) is 0 Å². The van der Waals surface area contributed by atoms with Crippen LogP contribution in [0.25, 0.3) is 0 Å². The Morgan fingerprint density at radius 3 is 2.42 bits per heavy atom. The summed E-state index contributed by atoms with van der Waals surface area (Å²) in [5.41, 5.74) is 6.97. The lowest BCUT2D eigenvalue weighted by Gasteiger charge is -2.13. The van der Waals surface area contributed by atoms with Gasteiger partial charge in [-0.1, -0.05) is 25.5 Å². The maximum absolute atomic E-state index is 11.9. The first-order valence-corrected chi connectivity index (χ1v) is 6.41. The van der Waals surface area contributed by atoms with Crippen LogP contribution >= 0.6 is 0 Å². The molecular weight excluding hydrogens is 244 g/mol. The Morgan fingerprint density at radius 2 is 1.95 bits per heavy atom. The van der Waals surface area contributed by atoms with Crippen LogP contribution in [-0.4, -0.2) is 29.6 Å². The summed E-state index contributed by atoms with van der Waals surface area (Å²) in [6.45, 7) is 2.44. The zero-order valence-corrected chi connectivity index (χ0v) is 11.1. The van der Waals surface area contributed by atoms with Crippen LogP contribution in [0.2, 0.25) is 0 Å². The van der Waals surface area contributed by atoms with E-state index in [-0.39, 0.29) is 5.91 Å². The number of hydrogen-bond donors (Lipinski definition) is 3. The highest BCUT2D eigenvalue weighted by Gasteiger charge is 2.19. The summed E-state index contributed by atoms with van der Waals surface area (Å²) in [5.74, 6) is -1.37. The molecule has 104 valence electrons. The van der Waals surface area contributed by atoms with Gasteiger partial charge in [0.2, 0.25) is 0 Å². The molecule has 0 aliphatic heterocycles. The monoisotopic (exact) mass is 264 g/mol. The molecule has 0 unspecified atom stereocenters. The lowest BCUT2D eigenvalue weighted by Crippen LogP contribution is -2.40. The van der Waals surface area contributed by atoms with Crippen molar-refractivity contribution in [2.45, 2.75) is 32.2 Å². The highest BCUT2D eigenvalue weighted by atomic mass is 16.4. The second kappa shape index (κ2) is 7.53. The Kier molecular flexibility index (Phi) is 6.02.